The quantitative estimate of drug-likeness (QED) is 0.324. The van der Waals surface area contributed by atoms with Crippen LogP contribution < -0.4 is 19.1 Å². The Bertz CT molecular complexity index is 1530. The Hall–Kier alpha value is -3.76. The molecule has 2 aliphatic rings. The first kappa shape index (κ1) is 30.7. The standard InChI is InChI=1S/C32H36ClN3O6S/c1-43(39,40)36(27-16-17-29-30(19-27)42-22-41-29)21-31(37)35(20-24-12-14-25(33)15-13-24)28(18-23-8-4-2-5-9-23)32(38)34-26-10-6-3-7-11-26/h2,4-5,8-9,12-17,19,26,28H,3,6-7,10-11,18,20-22H2,1H3,(H,34,38)/t28-/m0/s1. The molecule has 228 valence electrons. The molecule has 1 aliphatic carbocycles. The highest BCUT2D eigenvalue weighted by atomic mass is 35.5. The van der Waals surface area contributed by atoms with Crippen molar-refractivity contribution in [2.45, 2.75) is 57.2 Å². The van der Waals surface area contributed by atoms with Gasteiger partial charge in [-0.2, -0.15) is 0 Å². The van der Waals surface area contributed by atoms with Crippen LogP contribution in [0, 0.1) is 0 Å². The molecule has 0 unspecified atom stereocenters. The lowest BCUT2D eigenvalue weighted by Gasteiger charge is -2.35. The van der Waals surface area contributed by atoms with Gasteiger partial charge >= 0.3 is 0 Å². The van der Waals surface area contributed by atoms with Gasteiger partial charge in [0.15, 0.2) is 11.5 Å². The minimum absolute atomic E-state index is 0.0305. The Balaban J connectivity index is 1.49. The second-order valence-corrected chi connectivity index (χ2v) is 13.3. The van der Waals surface area contributed by atoms with Gasteiger partial charge in [-0.05, 0) is 48.2 Å². The number of sulfonamides is 1. The maximum Gasteiger partial charge on any atom is 0.244 e. The van der Waals surface area contributed by atoms with E-state index in [-0.39, 0.29) is 37.4 Å². The number of carbonyl (C=O) groups is 2. The summed E-state index contributed by atoms with van der Waals surface area (Å²) < 4.78 is 37.9. The molecule has 0 spiro atoms. The van der Waals surface area contributed by atoms with E-state index in [9.17, 15) is 18.0 Å². The monoisotopic (exact) mass is 625 g/mol. The number of nitrogens with one attached hydrogen (secondary N) is 1. The molecule has 0 saturated heterocycles. The largest absolute Gasteiger partial charge is 0.454 e. The van der Waals surface area contributed by atoms with E-state index in [1.807, 2.05) is 30.3 Å². The number of nitrogens with zero attached hydrogens (tertiary/aromatic N) is 2. The molecule has 1 saturated carbocycles. The van der Waals surface area contributed by atoms with Crippen molar-refractivity contribution in [2.75, 3.05) is 23.9 Å². The molecule has 9 nitrogen and oxygen atoms in total. The van der Waals surface area contributed by atoms with Gasteiger partial charge in [0.2, 0.25) is 28.6 Å². The van der Waals surface area contributed by atoms with Crippen LogP contribution in [0.1, 0.15) is 43.2 Å². The molecule has 3 aromatic rings. The second-order valence-electron chi connectivity index (χ2n) is 11.0. The van der Waals surface area contributed by atoms with Gasteiger partial charge in [-0.25, -0.2) is 8.42 Å². The highest BCUT2D eigenvalue weighted by Crippen LogP contribution is 2.36. The number of ether oxygens (including phenoxy) is 2. The number of amides is 2. The van der Waals surface area contributed by atoms with Crippen molar-refractivity contribution in [3.63, 3.8) is 0 Å². The molecule has 1 aliphatic heterocycles. The summed E-state index contributed by atoms with van der Waals surface area (Å²) in [6.45, 7) is -0.388. The summed E-state index contributed by atoms with van der Waals surface area (Å²) in [6, 6.07) is 20.4. The SMILES string of the molecule is CS(=O)(=O)N(CC(=O)N(Cc1ccc(Cl)cc1)[C@@H](Cc1ccccc1)C(=O)NC1CCCCC1)c1ccc2c(c1)OCO2. The van der Waals surface area contributed by atoms with E-state index in [1.54, 1.807) is 36.4 Å². The molecule has 11 heteroatoms. The van der Waals surface area contributed by atoms with Gasteiger partial charge in [0.1, 0.15) is 12.6 Å². The van der Waals surface area contributed by atoms with Gasteiger partial charge in [0.05, 0.1) is 11.9 Å². The normalized spacial score (nSPS) is 15.5. The molecular formula is C32H36ClN3O6S. The van der Waals surface area contributed by atoms with E-state index in [2.05, 4.69) is 5.32 Å². The fraction of sp³-hybridized carbons (Fsp3) is 0.375. The van der Waals surface area contributed by atoms with E-state index in [4.69, 9.17) is 21.1 Å². The third-order valence-electron chi connectivity index (χ3n) is 7.81. The molecule has 1 N–H and O–H groups in total. The van der Waals surface area contributed by atoms with Crippen LogP contribution in [0.15, 0.2) is 72.8 Å². The predicted molar refractivity (Wildman–Crippen MR) is 166 cm³/mol. The van der Waals surface area contributed by atoms with E-state index in [0.29, 0.717) is 16.5 Å². The van der Waals surface area contributed by atoms with E-state index in [1.165, 1.54) is 11.0 Å². The van der Waals surface area contributed by atoms with E-state index < -0.39 is 28.5 Å². The maximum atomic E-state index is 14.3. The molecule has 1 heterocycles. The van der Waals surface area contributed by atoms with Crippen molar-refractivity contribution in [1.82, 2.24) is 10.2 Å². The molecule has 0 bridgehead atoms. The van der Waals surface area contributed by atoms with Crippen LogP contribution in [-0.2, 0) is 32.6 Å². The number of carbonyl (C=O) groups excluding carboxylic acids is 2. The van der Waals surface area contributed by atoms with Crippen LogP contribution in [-0.4, -0.2) is 56.8 Å². The number of fused-ring (bicyclic) bond motifs is 1. The van der Waals surface area contributed by atoms with Crippen LogP contribution in [0.5, 0.6) is 11.5 Å². The highest BCUT2D eigenvalue weighted by molar-refractivity contribution is 7.92. The first-order valence-corrected chi connectivity index (χ1v) is 16.7. The van der Waals surface area contributed by atoms with Gasteiger partial charge in [-0.3, -0.25) is 13.9 Å². The van der Waals surface area contributed by atoms with Crippen LogP contribution in [0.2, 0.25) is 5.02 Å². The van der Waals surface area contributed by atoms with Gasteiger partial charge in [0.25, 0.3) is 0 Å². The summed E-state index contributed by atoms with van der Waals surface area (Å²) in [5.41, 5.74) is 1.91. The van der Waals surface area contributed by atoms with Crippen molar-refractivity contribution in [3.05, 3.63) is 88.9 Å². The van der Waals surface area contributed by atoms with Crippen molar-refractivity contribution in [1.29, 1.82) is 0 Å². The van der Waals surface area contributed by atoms with E-state index in [0.717, 1.165) is 53.8 Å². The summed E-state index contributed by atoms with van der Waals surface area (Å²) in [6.07, 6.45) is 6.32. The lowest BCUT2D eigenvalue weighted by molar-refractivity contribution is -0.140. The van der Waals surface area contributed by atoms with Crippen LogP contribution in [0.4, 0.5) is 5.69 Å². The number of halogens is 1. The van der Waals surface area contributed by atoms with Gasteiger partial charge in [-0.15, -0.1) is 0 Å². The first-order chi connectivity index (χ1) is 20.7. The number of hydrogen-bond donors (Lipinski definition) is 1. The number of hydrogen-bond acceptors (Lipinski definition) is 6. The third-order valence-corrected chi connectivity index (χ3v) is 9.20. The van der Waals surface area contributed by atoms with Crippen LogP contribution in [0.3, 0.4) is 0 Å². The fourth-order valence-electron chi connectivity index (χ4n) is 5.54. The Morgan fingerprint density at radius 2 is 1.63 bits per heavy atom. The zero-order valence-corrected chi connectivity index (χ0v) is 25.6. The van der Waals surface area contributed by atoms with E-state index >= 15 is 0 Å². The smallest absolute Gasteiger partial charge is 0.244 e. The topological polar surface area (TPSA) is 105 Å². The molecule has 0 radical (unpaired) electrons. The maximum absolute atomic E-state index is 14.3. The Labute approximate surface area is 257 Å². The number of benzene rings is 3. The summed E-state index contributed by atoms with van der Waals surface area (Å²) in [4.78, 5) is 29.7. The Morgan fingerprint density at radius 3 is 2.33 bits per heavy atom. The van der Waals surface area contributed by atoms with Crippen molar-refractivity contribution >= 4 is 39.1 Å². The van der Waals surface area contributed by atoms with Crippen LogP contribution in [0.25, 0.3) is 0 Å². The lowest BCUT2D eigenvalue weighted by Crippen LogP contribution is -2.55. The zero-order valence-electron chi connectivity index (χ0n) is 24.1. The minimum Gasteiger partial charge on any atom is -0.454 e. The molecule has 0 aromatic heterocycles. The van der Waals surface area contributed by atoms with Gasteiger partial charge < -0.3 is 19.7 Å². The predicted octanol–water partition coefficient (Wildman–Crippen LogP) is 4.92. The highest BCUT2D eigenvalue weighted by Gasteiger charge is 2.34. The van der Waals surface area contributed by atoms with Gasteiger partial charge in [-0.1, -0.05) is 73.3 Å². The van der Waals surface area contributed by atoms with Crippen molar-refractivity contribution in [3.8, 4) is 11.5 Å². The summed E-state index contributed by atoms with van der Waals surface area (Å²) in [5.74, 6) is 0.116. The van der Waals surface area contributed by atoms with Crippen molar-refractivity contribution in [2.24, 2.45) is 0 Å². The molecule has 1 atom stereocenters. The fourth-order valence-corrected chi connectivity index (χ4v) is 6.51. The molecule has 2 amide bonds. The average Bonchev–Trinajstić information content (AvgIpc) is 3.47. The Kier molecular flexibility index (Phi) is 9.77. The third kappa shape index (κ3) is 8.00. The molecular weight excluding hydrogens is 590 g/mol. The van der Waals surface area contributed by atoms with Crippen LogP contribution >= 0.6 is 11.6 Å². The zero-order chi connectivity index (χ0) is 30.4. The molecule has 43 heavy (non-hydrogen) atoms. The second kappa shape index (κ2) is 13.7. The average molecular weight is 626 g/mol. The Morgan fingerprint density at radius 1 is 0.930 bits per heavy atom. The summed E-state index contributed by atoms with van der Waals surface area (Å²) >= 11 is 6.13. The molecule has 5 rings (SSSR count). The summed E-state index contributed by atoms with van der Waals surface area (Å²) in [7, 11) is -3.90. The minimum atomic E-state index is -3.90. The number of rotatable bonds is 11. The first-order valence-electron chi connectivity index (χ1n) is 14.4. The molecule has 3 aromatic carbocycles. The van der Waals surface area contributed by atoms with Crippen molar-refractivity contribution < 1.29 is 27.5 Å². The lowest BCUT2D eigenvalue weighted by atomic mass is 9.94. The number of anilines is 1. The molecule has 1 fully saturated rings. The summed E-state index contributed by atoms with van der Waals surface area (Å²) in [5, 5.41) is 3.74. The van der Waals surface area contributed by atoms with Gasteiger partial charge in [0, 0.05) is 30.1 Å².